The Labute approximate surface area is 145 Å². The van der Waals surface area contributed by atoms with Crippen molar-refractivity contribution in [3.05, 3.63) is 47.4 Å². The lowest BCUT2D eigenvalue weighted by molar-refractivity contribution is -0.151. The summed E-state index contributed by atoms with van der Waals surface area (Å²) in [6, 6.07) is 9.49. The number of fused-ring (bicyclic) bond motifs is 3. The number of likely N-dealkylation sites (tertiary alicyclic amines) is 1. The quantitative estimate of drug-likeness (QED) is 0.920. The maximum atomic E-state index is 12.1. The van der Waals surface area contributed by atoms with E-state index in [9.17, 15) is 9.90 Å². The molecule has 2 aliphatic rings. The number of carboxylic acids is 1. The molecule has 1 N–H and O–H groups in total. The van der Waals surface area contributed by atoms with Crippen LogP contribution in [-0.4, -0.2) is 42.8 Å². The third kappa shape index (κ3) is 2.57. The van der Waals surface area contributed by atoms with Gasteiger partial charge in [-0.25, -0.2) is 0 Å². The summed E-state index contributed by atoms with van der Waals surface area (Å²) in [6.45, 7) is 3.78. The Balaban J connectivity index is 1.66. The topological polar surface area (TPSA) is 72.1 Å². The molecular weight excluding hydrogens is 322 g/mol. The van der Waals surface area contributed by atoms with Gasteiger partial charge in [0.1, 0.15) is 35.0 Å². The van der Waals surface area contributed by atoms with Gasteiger partial charge in [-0.15, -0.1) is 0 Å². The predicted octanol–water partition coefficient (Wildman–Crippen LogP) is 2.66. The number of rotatable bonds is 4. The smallest absolute Gasteiger partial charge is 0.315 e. The van der Waals surface area contributed by atoms with Gasteiger partial charge in [-0.2, -0.15) is 0 Å². The van der Waals surface area contributed by atoms with Crippen LogP contribution < -0.4 is 9.47 Å². The Bertz CT molecular complexity index is 814. The minimum atomic E-state index is -0.927. The predicted molar refractivity (Wildman–Crippen MR) is 90.0 cm³/mol. The standard InChI is InChI=1S/C19H21NO5/c1-12-3-4-14(25-12)8-20-9-16-15-6-5-13(23-2)7-17(15)24-11-19(16,10-20)18(21)22/h3-7,16H,8-11H2,1-2H3,(H,21,22)/t16-,19-/m1/s1. The zero-order valence-corrected chi connectivity index (χ0v) is 14.3. The maximum Gasteiger partial charge on any atom is 0.315 e. The molecule has 0 aliphatic carbocycles. The third-order valence-electron chi connectivity index (χ3n) is 5.30. The average molecular weight is 343 g/mol. The van der Waals surface area contributed by atoms with Gasteiger partial charge in [-0.05, 0) is 25.1 Å². The van der Waals surface area contributed by atoms with Gasteiger partial charge in [0.15, 0.2) is 0 Å². The van der Waals surface area contributed by atoms with Crippen LogP contribution in [0, 0.1) is 12.3 Å². The molecule has 1 aromatic heterocycles. The fraction of sp³-hybridized carbons (Fsp3) is 0.421. The van der Waals surface area contributed by atoms with Crippen molar-refractivity contribution < 1.29 is 23.8 Å². The van der Waals surface area contributed by atoms with Gasteiger partial charge in [-0.3, -0.25) is 9.69 Å². The minimum absolute atomic E-state index is 0.115. The highest BCUT2D eigenvalue weighted by Crippen LogP contribution is 2.50. The van der Waals surface area contributed by atoms with Crippen LogP contribution in [0.15, 0.2) is 34.7 Å². The minimum Gasteiger partial charge on any atom is -0.497 e. The van der Waals surface area contributed by atoms with Crippen molar-refractivity contribution >= 4 is 5.97 Å². The summed E-state index contributed by atoms with van der Waals surface area (Å²) >= 11 is 0. The van der Waals surface area contributed by atoms with E-state index in [4.69, 9.17) is 13.9 Å². The van der Waals surface area contributed by atoms with E-state index in [0.29, 0.717) is 25.4 Å². The second-order valence-corrected chi connectivity index (χ2v) is 6.89. The monoisotopic (exact) mass is 343 g/mol. The largest absolute Gasteiger partial charge is 0.497 e. The fourth-order valence-electron chi connectivity index (χ4n) is 4.00. The number of nitrogens with zero attached hydrogens (tertiary/aromatic N) is 1. The molecule has 1 saturated heterocycles. The van der Waals surface area contributed by atoms with E-state index >= 15 is 0 Å². The first-order valence-electron chi connectivity index (χ1n) is 8.33. The molecule has 0 unspecified atom stereocenters. The number of aryl methyl sites for hydroxylation is 1. The highest BCUT2D eigenvalue weighted by Gasteiger charge is 2.56. The Hall–Kier alpha value is -2.47. The molecule has 132 valence electrons. The van der Waals surface area contributed by atoms with Crippen molar-refractivity contribution in [1.82, 2.24) is 4.90 Å². The summed E-state index contributed by atoms with van der Waals surface area (Å²) in [5.41, 5.74) is 0.0102. The second kappa shape index (κ2) is 5.81. The number of carboxylic acid groups (broad SMARTS) is 1. The van der Waals surface area contributed by atoms with Crippen molar-refractivity contribution in [1.29, 1.82) is 0 Å². The fourth-order valence-corrected chi connectivity index (χ4v) is 4.00. The number of benzene rings is 1. The first-order valence-corrected chi connectivity index (χ1v) is 8.33. The molecule has 4 rings (SSSR count). The molecule has 0 spiro atoms. The van der Waals surface area contributed by atoms with Gasteiger partial charge < -0.3 is 19.0 Å². The molecule has 2 aromatic rings. The van der Waals surface area contributed by atoms with Crippen molar-refractivity contribution in [2.24, 2.45) is 5.41 Å². The van der Waals surface area contributed by atoms with Crippen molar-refractivity contribution in [2.45, 2.75) is 19.4 Å². The number of aliphatic carboxylic acids is 1. The van der Waals surface area contributed by atoms with E-state index < -0.39 is 11.4 Å². The van der Waals surface area contributed by atoms with Gasteiger partial charge in [0.05, 0.1) is 13.7 Å². The molecule has 0 saturated carbocycles. The van der Waals surface area contributed by atoms with E-state index in [-0.39, 0.29) is 12.5 Å². The van der Waals surface area contributed by atoms with Gasteiger partial charge >= 0.3 is 5.97 Å². The highest BCUT2D eigenvalue weighted by atomic mass is 16.5. The van der Waals surface area contributed by atoms with Gasteiger partial charge in [-0.1, -0.05) is 6.07 Å². The Kier molecular flexibility index (Phi) is 3.72. The molecular formula is C19H21NO5. The maximum absolute atomic E-state index is 12.1. The molecule has 0 amide bonds. The van der Waals surface area contributed by atoms with Crippen LogP contribution in [0.4, 0.5) is 0 Å². The first-order chi connectivity index (χ1) is 12.0. The van der Waals surface area contributed by atoms with Crippen molar-refractivity contribution in [2.75, 3.05) is 26.8 Å². The number of carbonyl (C=O) groups is 1. The molecule has 1 aromatic carbocycles. The van der Waals surface area contributed by atoms with Crippen LogP contribution in [0.5, 0.6) is 11.5 Å². The number of furan rings is 1. The summed E-state index contributed by atoms with van der Waals surface area (Å²) in [5, 5.41) is 9.96. The van der Waals surface area contributed by atoms with E-state index in [1.165, 1.54) is 0 Å². The van der Waals surface area contributed by atoms with Gasteiger partial charge in [0.2, 0.25) is 0 Å². The van der Waals surface area contributed by atoms with Crippen LogP contribution >= 0.6 is 0 Å². The zero-order chi connectivity index (χ0) is 17.6. The Morgan fingerprint density at radius 1 is 1.40 bits per heavy atom. The third-order valence-corrected chi connectivity index (χ3v) is 5.30. The molecule has 2 aliphatic heterocycles. The second-order valence-electron chi connectivity index (χ2n) is 6.89. The molecule has 0 radical (unpaired) electrons. The van der Waals surface area contributed by atoms with E-state index in [2.05, 4.69) is 4.90 Å². The van der Waals surface area contributed by atoms with E-state index in [0.717, 1.165) is 22.8 Å². The molecule has 6 heteroatoms. The summed E-state index contributed by atoms with van der Waals surface area (Å²) < 4.78 is 16.7. The molecule has 1 fully saturated rings. The van der Waals surface area contributed by atoms with Gasteiger partial charge in [0.25, 0.3) is 0 Å². The normalized spacial score (nSPS) is 25.1. The lowest BCUT2D eigenvalue weighted by Gasteiger charge is -2.36. The number of methoxy groups -OCH3 is 1. The van der Waals surface area contributed by atoms with Crippen LogP contribution in [-0.2, 0) is 11.3 Å². The van der Waals surface area contributed by atoms with E-state index in [1.807, 2.05) is 37.3 Å². The zero-order valence-electron chi connectivity index (χ0n) is 14.3. The van der Waals surface area contributed by atoms with Crippen molar-refractivity contribution in [3.63, 3.8) is 0 Å². The average Bonchev–Trinajstić information content (AvgIpc) is 3.18. The Morgan fingerprint density at radius 3 is 2.92 bits per heavy atom. The SMILES string of the molecule is COc1ccc2c(c1)OC[C@]1(C(=O)O)CN(Cc3ccc(C)o3)C[C@H]21. The molecule has 3 heterocycles. The summed E-state index contributed by atoms with van der Waals surface area (Å²) in [7, 11) is 1.61. The number of hydrogen-bond donors (Lipinski definition) is 1. The van der Waals surface area contributed by atoms with Crippen LogP contribution in [0.3, 0.4) is 0 Å². The highest BCUT2D eigenvalue weighted by molar-refractivity contribution is 5.78. The lowest BCUT2D eigenvalue weighted by Crippen LogP contribution is -2.45. The first kappa shape index (κ1) is 16.0. The van der Waals surface area contributed by atoms with Gasteiger partial charge in [0, 0.05) is 30.6 Å². The van der Waals surface area contributed by atoms with Crippen LogP contribution in [0.25, 0.3) is 0 Å². The summed E-state index contributed by atoms with van der Waals surface area (Å²) in [6.07, 6.45) is 0. The van der Waals surface area contributed by atoms with Crippen LogP contribution in [0.2, 0.25) is 0 Å². The molecule has 2 atom stereocenters. The number of ether oxygens (including phenoxy) is 2. The number of hydrogen-bond acceptors (Lipinski definition) is 5. The van der Waals surface area contributed by atoms with Crippen molar-refractivity contribution in [3.8, 4) is 11.5 Å². The molecule has 6 nitrogen and oxygen atoms in total. The molecule has 0 bridgehead atoms. The summed E-state index contributed by atoms with van der Waals surface area (Å²) in [4.78, 5) is 14.3. The molecule has 25 heavy (non-hydrogen) atoms. The lowest BCUT2D eigenvalue weighted by atomic mass is 9.73. The Morgan fingerprint density at radius 2 is 2.24 bits per heavy atom. The van der Waals surface area contributed by atoms with E-state index in [1.54, 1.807) is 7.11 Å². The van der Waals surface area contributed by atoms with Crippen LogP contribution in [0.1, 0.15) is 23.0 Å². The summed E-state index contributed by atoms with van der Waals surface area (Å²) in [5.74, 6) is 2.22.